The van der Waals surface area contributed by atoms with E-state index in [2.05, 4.69) is 5.32 Å². The molecule has 2 aromatic rings. The van der Waals surface area contributed by atoms with Gasteiger partial charge in [-0.25, -0.2) is 13.2 Å². The summed E-state index contributed by atoms with van der Waals surface area (Å²) >= 11 is 0. The lowest BCUT2D eigenvalue weighted by Crippen LogP contribution is -2.24. The second kappa shape index (κ2) is 6.63. The topological polar surface area (TPSA) is 21.3 Å². The number of halogens is 3. The molecule has 21 heavy (non-hydrogen) atoms. The van der Waals surface area contributed by atoms with Gasteiger partial charge in [0.1, 0.15) is 23.2 Å². The third-order valence-corrected chi connectivity index (χ3v) is 3.20. The standard InChI is InChI=1S/C16H16F3NO/c1-3-20-16(11-9-10(17)7-8-12(11)18)15-13(19)5-4-6-14(15)21-2/h4-9,16,20H,3H2,1-2H3. The molecule has 0 aromatic heterocycles. The molecule has 1 N–H and O–H groups in total. The number of hydrogen-bond donors (Lipinski definition) is 1. The Labute approximate surface area is 121 Å². The fourth-order valence-corrected chi connectivity index (χ4v) is 2.28. The number of rotatable bonds is 5. The maximum atomic E-state index is 14.2. The van der Waals surface area contributed by atoms with Gasteiger partial charge in [-0.1, -0.05) is 13.0 Å². The van der Waals surface area contributed by atoms with Crippen molar-refractivity contribution in [2.24, 2.45) is 0 Å². The molecule has 112 valence electrons. The Balaban J connectivity index is 2.61. The molecular weight excluding hydrogens is 279 g/mol. The number of benzene rings is 2. The maximum Gasteiger partial charge on any atom is 0.132 e. The van der Waals surface area contributed by atoms with E-state index in [1.54, 1.807) is 13.0 Å². The molecule has 0 fully saturated rings. The summed E-state index contributed by atoms with van der Waals surface area (Å²) < 4.78 is 46.8. The van der Waals surface area contributed by atoms with Crippen LogP contribution in [0, 0.1) is 17.5 Å². The fraction of sp³-hybridized carbons (Fsp3) is 0.250. The van der Waals surface area contributed by atoms with Crippen molar-refractivity contribution < 1.29 is 17.9 Å². The Morgan fingerprint density at radius 1 is 1.10 bits per heavy atom. The van der Waals surface area contributed by atoms with Crippen molar-refractivity contribution in [1.29, 1.82) is 0 Å². The highest BCUT2D eigenvalue weighted by atomic mass is 19.1. The molecule has 2 rings (SSSR count). The van der Waals surface area contributed by atoms with Crippen LogP contribution in [0.15, 0.2) is 36.4 Å². The molecule has 0 bridgehead atoms. The second-order valence-electron chi connectivity index (χ2n) is 4.51. The Morgan fingerprint density at radius 3 is 2.52 bits per heavy atom. The highest BCUT2D eigenvalue weighted by Gasteiger charge is 2.24. The van der Waals surface area contributed by atoms with Gasteiger partial charge in [-0.15, -0.1) is 0 Å². The van der Waals surface area contributed by atoms with E-state index in [0.717, 1.165) is 18.2 Å². The van der Waals surface area contributed by atoms with Gasteiger partial charge in [0.05, 0.1) is 18.7 Å². The predicted molar refractivity (Wildman–Crippen MR) is 74.8 cm³/mol. The minimum absolute atomic E-state index is 0.0419. The van der Waals surface area contributed by atoms with E-state index in [1.165, 1.54) is 19.2 Å². The van der Waals surface area contributed by atoms with Crippen LogP contribution in [-0.4, -0.2) is 13.7 Å². The average molecular weight is 295 g/mol. The third kappa shape index (κ3) is 3.19. The SMILES string of the molecule is CCNC(c1cc(F)ccc1F)c1c(F)cccc1OC. The molecule has 5 heteroatoms. The molecule has 0 aliphatic rings. The first-order chi connectivity index (χ1) is 10.1. The molecule has 0 saturated heterocycles. The van der Waals surface area contributed by atoms with Gasteiger partial charge in [0.2, 0.25) is 0 Å². The highest BCUT2D eigenvalue weighted by molar-refractivity contribution is 5.43. The van der Waals surface area contributed by atoms with Gasteiger partial charge in [0.15, 0.2) is 0 Å². The minimum Gasteiger partial charge on any atom is -0.496 e. The van der Waals surface area contributed by atoms with E-state index >= 15 is 0 Å². The zero-order valence-electron chi connectivity index (χ0n) is 11.8. The zero-order chi connectivity index (χ0) is 15.4. The van der Waals surface area contributed by atoms with Crippen molar-refractivity contribution in [2.75, 3.05) is 13.7 Å². The molecule has 0 saturated carbocycles. The van der Waals surface area contributed by atoms with Crippen molar-refractivity contribution in [3.05, 3.63) is 65.0 Å². The van der Waals surface area contributed by atoms with Crippen LogP contribution < -0.4 is 10.1 Å². The molecule has 1 atom stereocenters. The Bertz CT molecular complexity index is 631. The first-order valence-corrected chi connectivity index (χ1v) is 6.59. The Hall–Kier alpha value is -2.01. The lowest BCUT2D eigenvalue weighted by molar-refractivity contribution is 0.396. The van der Waals surface area contributed by atoms with Crippen LogP contribution >= 0.6 is 0 Å². The second-order valence-corrected chi connectivity index (χ2v) is 4.51. The number of hydrogen-bond acceptors (Lipinski definition) is 2. The molecule has 2 aromatic carbocycles. The van der Waals surface area contributed by atoms with Crippen molar-refractivity contribution >= 4 is 0 Å². The average Bonchev–Trinajstić information content (AvgIpc) is 2.48. The van der Waals surface area contributed by atoms with E-state index in [4.69, 9.17) is 4.74 Å². The zero-order valence-corrected chi connectivity index (χ0v) is 11.8. The molecule has 0 amide bonds. The van der Waals surface area contributed by atoms with Crippen LogP contribution in [0.5, 0.6) is 5.75 Å². The van der Waals surface area contributed by atoms with Crippen molar-refractivity contribution in [2.45, 2.75) is 13.0 Å². The van der Waals surface area contributed by atoms with Crippen LogP contribution in [0.1, 0.15) is 24.1 Å². The molecular formula is C16H16F3NO. The van der Waals surface area contributed by atoms with E-state index in [1.807, 2.05) is 0 Å². The first kappa shape index (κ1) is 15.4. The summed E-state index contributed by atoms with van der Waals surface area (Å²) in [5, 5.41) is 2.97. The van der Waals surface area contributed by atoms with Crippen molar-refractivity contribution in [3.8, 4) is 5.75 Å². The Kier molecular flexibility index (Phi) is 4.85. The van der Waals surface area contributed by atoms with Gasteiger partial charge in [-0.3, -0.25) is 0 Å². The number of methoxy groups -OCH3 is 1. The smallest absolute Gasteiger partial charge is 0.132 e. The van der Waals surface area contributed by atoms with E-state index < -0.39 is 23.5 Å². The predicted octanol–water partition coefficient (Wildman–Crippen LogP) is 3.81. The highest BCUT2D eigenvalue weighted by Crippen LogP contribution is 2.33. The van der Waals surface area contributed by atoms with Crippen molar-refractivity contribution in [3.63, 3.8) is 0 Å². The molecule has 0 aliphatic carbocycles. The fourth-order valence-electron chi connectivity index (χ4n) is 2.28. The third-order valence-electron chi connectivity index (χ3n) is 3.20. The summed E-state index contributed by atoms with van der Waals surface area (Å²) in [4.78, 5) is 0. The monoisotopic (exact) mass is 295 g/mol. The minimum atomic E-state index is -0.832. The van der Waals surface area contributed by atoms with E-state index in [-0.39, 0.29) is 16.9 Å². The molecule has 0 radical (unpaired) electrons. The van der Waals surface area contributed by atoms with Crippen LogP contribution in [0.2, 0.25) is 0 Å². The van der Waals surface area contributed by atoms with Gasteiger partial charge in [0.25, 0.3) is 0 Å². The normalized spacial score (nSPS) is 12.2. The van der Waals surface area contributed by atoms with Crippen molar-refractivity contribution in [1.82, 2.24) is 5.32 Å². The van der Waals surface area contributed by atoms with Gasteiger partial charge in [-0.2, -0.15) is 0 Å². The molecule has 0 heterocycles. The molecule has 2 nitrogen and oxygen atoms in total. The summed E-state index contributed by atoms with van der Waals surface area (Å²) in [6.45, 7) is 2.26. The first-order valence-electron chi connectivity index (χ1n) is 6.59. The van der Waals surface area contributed by atoms with E-state index in [0.29, 0.717) is 6.54 Å². The summed E-state index contributed by atoms with van der Waals surface area (Å²) in [6.07, 6.45) is 0. The summed E-state index contributed by atoms with van der Waals surface area (Å²) in [6, 6.07) is 6.64. The quantitative estimate of drug-likeness (QED) is 0.905. The molecule has 0 spiro atoms. The van der Waals surface area contributed by atoms with Gasteiger partial charge >= 0.3 is 0 Å². The van der Waals surface area contributed by atoms with Gasteiger partial charge < -0.3 is 10.1 Å². The lowest BCUT2D eigenvalue weighted by atomic mass is 9.96. The van der Waals surface area contributed by atoms with Crippen LogP contribution in [-0.2, 0) is 0 Å². The maximum absolute atomic E-state index is 14.2. The van der Waals surface area contributed by atoms with E-state index in [9.17, 15) is 13.2 Å². The number of nitrogens with one attached hydrogen (secondary N) is 1. The molecule has 0 aliphatic heterocycles. The van der Waals surface area contributed by atoms with Crippen LogP contribution in [0.4, 0.5) is 13.2 Å². The summed E-state index contributed by atoms with van der Waals surface area (Å²) in [7, 11) is 1.41. The summed E-state index contributed by atoms with van der Waals surface area (Å²) in [5.41, 5.74) is 0.201. The van der Waals surface area contributed by atoms with Gasteiger partial charge in [0, 0.05) is 5.56 Å². The van der Waals surface area contributed by atoms with Crippen LogP contribution in [0.25, 0.3) is 0 Å². The lowest BCUT2D eigenvalue weighted by Gasteiger charge is -2.22. The van der Waals surface area contributed by atoms with Crippen LogP contribution in [0.3, 0.4) is 0 Å². The Morgan fingerprint density at radius 2 is 1.86 bits per heavy atom. The number of ether oxygens (including phenoxy) is 1. The molecule has 1 unspecified atom stereocenters. The largest absolute Gasteiger partial charge is 0.496 e. The summed E-state index contributed by atoms with van der Waals surface area (Å²) in [5.74, 6) is -1.44. The van der Waals surface area contributed by atoms with Gasteiger partial charge in [-0.05, 0) is 36.9 Å².